The van der Waals surface area contributed by atoms with Crippen molar-refractivity contribution in [2.24, 2.45) is 0 Å². The van der Waals surface area contributed by atoms with E-state index in [1.54, 1.807) is 36.4 Å². The number of nitrogens with one attached hydrogen (secondary N) is 1. The van der Waals surface area contributed by atoms with Crippen molar-refractivity contribution in [3.8, 4) is 0 Å². The fraction of sp³-hybridized carbons (Fsp3) is 0.350. The molecule has 2 atom stereocenters. The average Bonchev–Trinajstić information content (AvgIpc) is 2.62. The summed E-state index contributed by atoms with van der Waals surface area (Å²) >= 11 is 18.1. The summed E-state index contributed by atoms with van der Waals surface area (Å²) in [4.78, 5) is 13.1. The van der Waals surface area contributed by atoms with Crippen molar-refractivity contribution in [1.82, 2.24) is 5.32 Å². The first-order valence-electron chi connectivity index (χ1n) is 8.44. The van der Waals surface area contributed by atoms with Crippen LogP contribution >= 0.6 is 34.8 Å². The van der Waals surface area contributed by atoms with Crippen molar-refractivity contribution >= 4 is 40.7 Å². The monoisotopic (exact) mass is 413 g/mol. The molecule has 0 aliphatic heterocycles. The molecule has 6 heteroatoms. The molecule has 0 spiro atoms. The van der Waals surface area contributed by atoms with Gasteiger partial charge >= 0.3 is 0 Å². The first kappa shape index (κ1) is 21.0. The van der Waals surface area contributed by atoms with E-state index in [1.165, 1.54) is 0 Å². The molecule has 0 radical (unpaired) electrons. The highest BCUT2D eigenvalue weighted by Crippen LogP contribution is 2.34. The molecule has 0 heterocycles. The van der Waals surface area contributed by atoms with Crippen LogP contribution in [0.5, 0.6) is 0 Å². The maximum Gasteiger partial charge on any atom is 0.230 e. The van der Waals surface area contributed by atoms with Crippen LogP contribution in [-0.4, -0.2) is 17.6 Å². The molecule has 1 amide bonds. The van der Waals surface area contributed by atoms with Gasteiger partial charge < -0.3 is 10.4 Å². The van der Waals surface area contributed by atoms with E-state index in [0.29, 0.717) is 21.5 Å². The SMILES string of the molecule is CCCC(C)(C(=O)N[C@@H](CO)c1ccc(Cl)cc1)c1ccc(Cl)c(Cl)c1. The Balaban J connectivity index is 2.31. The molecule has 0 saturated carbocycles. The number of amides is 1. The Labute approximate surface area is 169 Å². The molecule has 0 aliphatic rings. The van der Waals surface area contributed by atoms with E-state index in [2.05, 4.69) is 5.32 Å². The van der Waals surface area contributed by atoms with Gasteiger partial charge in [0.05, 0.1) is 28.1 Å². The molecule has 26 heavy (non-hydrogen) atoms. The Bertz CT molecular complexity index is 764. The van der Waals surface area contributed by atoms with Crippen molar-refractivity contribution in [1.29, 1.82) is 0 Å². The van der Waals surface area contributed by atoms with E-state index in [4.69, 9.17) is 34.8 Å². The van der Waals surface area contributed by atoms with Crippen molar-refractivity contribution in [2.45, 2.75) is 38.1 Å². The van der Waals surface area contributed by atoms with Gasteiger partial charge in [0.25, 0.3) is 0 Å². The first-order valence-corrected chi connectivity index (χ1v) is 9.58. The van der Waals surface area contributed by atoms with Crippen LogP contribution in [0.25, 0.3) is 0 Å². The number of aliphatic hydroxyl groups excluding tert-OH is 1. The molecule has 0 aromatic heterocycles. The molecule has 0 fully saturated rings. The number of benzene rings is 2. The lowest BCUT2D eigenvalue weighted by Gasteiger charge is -2.31. The van der Waals surface area contributed by atoms with Crippen molar-refractivity contribution < 1.29 is 9.90 Å². The fourth-order valence-corrected chi connectivity index (χ4v) is 3.40. The topological polar surface area (TPSA) is 49.3 Å². The summed E-state index contributed by atoms with van der Waals surface area (Å²) in [6, 6.07) is 11.8. The number of hydrogen-bond donors (Lipinski definition) is 2. The van der Waals surface area contributed by atoms with Crippen LogP contribution in [0.1, 0.15) is 43.9 Å². The molecule has 2 aromatic carbocycles. The van der Waals surface area contributed by atoms with Crippen molar-refractivity contribution in [3.05, 3.63) is 68.7 Å². The third kappa shape index (κ3) is 4.72. The average molecular weight is 415 g/mol. The minimum Gasteiger partial charge on any atom is -0.394 e. The van der Waals surface area contributed by atoms with E-state index >= 15 is 0 Å². The second kappa shape index (κ2) is 9.09. The number of hydrogen-bond acceptors (Lipinski definition) is 2. The minimum atomic E-state index is -0.789. The maximum absolute atomic E-state index is 13.1. The summed E-state index contributed by atoms with van der Waals surface area (Å²) < 4.78 is 0. The summed E-state index contributed by atoms with van der Waals surface area (Å²) in [6.07, 6.45) is 1.45. The second-order valence-corrected chi connectivity index (χ2v) is 7.72. The van der Waals surface area contributed by atoms with Crippen LogP contribution in [0.3, 0.4) is 0 Å². The molecular weight excluding hydrogens is 393 g/mol. The summed E-state index contributed by atoms with van der Waals surface area (Å²) in [5, 5.41) is 14.2. The molecule has 2 N–H and O–H groups in total. The molecule has 2 rings (SSSR count). The minimum absolute atomic E-state index is 0.174. The standard InChI is InChI=1S/C20H22Cl3NO2/c1-3-10-20(2,14-6-9-16(22)17(23)11-14)19(26)24-18(12-25)13-4-7-15(21)8-5-13/h4-9,11,18,25H,3,10,12H2,1-2H3,(H,24,26)/t18-,20?/m0/s1. The molecular formula is C20H22Cl3NO2. The molecule has 0 aliphatic carbocycles. The Kier molecular flexibility index (Phi) is 7.36. The molecule has 1 unspecified atom stereocenters. The second-order valence-electron chi connectivity index (χ2n) is 6.47. The lowest BCUT2D eigenvalue weighted by atomic mass is 9.77. The Hall–Kier alpha value is -1.26. The van der Waals surface area contributed by atoms with Gasteiger partial charge in [-0.1, -0.05) is 66.3 Å². The highest BCUT2D eigenvalue weighted by molar-refractivity contribution is 6.42. The Morgan fingerprint density at radius 2 is 1.77 bits per heavy atom. The van der Waals surface area contributed by atoms with Crippen molar-refractivity contribution in [3.63, 3.8) is 0 Å². The zero-order chi connectivity index (χ0) is 19.3. The van der Waals surface area contributed by atoms with Crippen LogP contribution < -0.4 is 5.32 Å². The maximum atomic E-state index is 13.1. The molecule has 2 aromatic rings. The van der Waals surface area contributed by atoms with Crippen LogP contribution in [0.15, 0.2) is 42.5 Å². The van der Waals surface area contributed by atoms with Gasteiger partial charge in [-0.3, -0.25) is 4.79 Å². The van der Waals surface area contributed by atoms with E-state index < -0.39 is 11.5 Å². The largest absolute Gasteiger partial charge is 0.394 e. The first-order chi connectivity index (χ1) is 12.3. The number of aliphatic hydroxyl groups is 1. The zero-order valence-corrected chi connectivity index (χ0v) is 17.0. The molecule has 0 saturated heterocycles. The van der Waals surface area contributed by atoms with Crippen LogP contribution in [-0.2, 0) is 10.2 Å². The lowest BCUT2D eigenvalue weighted by molar-refractivity contribution is -0.127. The Morgan fingerprint density at radius 3 is 2.31 bits per heavy atom. The van der Waals surface area contributed by atoms with Crippen LogP contribution in [0, 0.1) is 0 Å². The summed E-state index contributed by atoms with van der Waals surface area (Å²) in [5.74, 6) is -0.174. The number of carbonyl (C=O) groups excluding carboxylic acids is 1. The van der Waals surface area contributed by atoms with E-state index in [1.807, 2.05) is 19.9 Å². The van der Waals surface area contributed by atoms with Gasteiger partial charge in [-0.05, 0) is 48.7 Å². The predicted molar refractivity (Wildman–Crippen MR) is 108 cm³/mol. The van der Waals surface area contributed by atoms with Gasteiger partial charge in [-0.2, -0.15) is 0 Å². The van der Waals surface area contributed by atoms with Crippen LogP contribution in [0.4, 0.5) is 0 Å². The fourth-order valence-electron chi connectivity index (χ4n) is 2.98. The van der Waals surface area contributed by atoms with E-state index in [0.717, 1.165) is 17.5 Å². The van der Waals surface area contributed by atoms with Gasteiger partial charge in [0.1, 0.15) is 0 Å². The normalized spacial score (nSPS) is 14.5. The summed E-state index contributed by atoms with van der Waals surface area (Å²) in [5.41, 5.74) is 0.792. The number of rotatable bonds is 7. The third-order valence-electron chi connectivity index (χ3n) is 4.57. The number of carbonyl (C=O) groups is 1. The summed E-state index contributed by atoms with van der Waals surface area (Å²) in [6.45, 7) is 3.68. The predicted octanol–water partition coefficient (Wildman–Crippen LogP) is 5.55. The van der Waals surface area contributed by atoms with Gasteiger partial charge in [0.2, 0.25) is 5.91 Å². The molecule has 140 valence electrons. The molecule has 3 nitrogen and oxygen atoms in total. The van der Waals surface area contributed by atoms with Gasteiger partial charge in [0, 0.05) is 5.02 Å². The quantitative estimate of drug-likeness (QED) is 0.623. The smallest absolute Gasteiger partial charge is 0.230 e. The van der Waals surface area contributed by atoms with Crippen molar-refractivity contribution in [2.75, 3.05) is 6.61 Å². The van der Waals surface area contributed by atoms with E-state index in [9.17, 15) is 9.90 Å². The van der Waals surface area contributed by atoms with Gasteiger partial charge in [-0.25, -0.2) is 0 Å². The number of halogens is 3. The zero-order valence-electron chi connectivity index (χ0n) is 14.7. The van der Waals surface area contributed by atoms with Gasteiger partial charge in [-0.15, -0.1) is 0 Å². The van der Waals surface area contributed by atoms with Crippen LogP contribution in [0.2, 0.25) is 15.1 Å². The van der Waals surface area contributed by atoms with Gasteiger partial charge in [0.15, 0.2) is 0 Å². The molecule has 0 bridgehead atoms. The Morgan fingerprint density at radius 1 is 1.12 bits per heavy atom. The highest BCUT2D eigenvalue weighted by Gasteiger charge is 2.36. The summed E-state index contributed by atoms with van der Waals surface area (Å²) in [7, 11) is 0. The highest BCUT2D eigenvalue weighted by atomic mass is 35.5. The lowest BCUT2D eigenvalue weighted by Crippen LogP contribution is -2.44. The third-order valence-corrected chi connectivity index (χ3v) is 5.56. The van der Waals surface area contributed by atoms with E-state index in [-0.39, 0.29) is 12.5 Å².